The van der Waals surface area contributed by atoms with Crippen molar-refractivity contribution in [2.24, 2.45) is 4.99 Å². The number of ether oxygens (including phenoxy) is 1. The van der Waals surface area contributed by atoms with E-state index in [-0.39, 0.29) is 0 Å². The molecule has 4 rings (SSSR count). The number of benzene rings is 2. The lowest BCUT2D eigenvalue weighted by Crippen LogP contribution is -2.37. The summed E-state index contributed by atoms with van der Waals surface area (Å²) in [6.45, 7) is 4.73. The largest absolute Gasteiger partial charge is 0.375 e. The lowest BCUT2D eigenvalue weighted by atomic mass is 10.1. The van der Waals surface area contributed by atoms with E-state index in [1.165, 1.54) is 16.8 Å². The first-order valence-corrected chi connectivity index (χ1v) is 10.7. The van der Waals surface area contributed by atoms with Gasteiger partial charge >= 0.3 is 0 Å². The first-order chi connectivity index (χ1) is 13.4. The van der Waals surface area contributed by atoms with Crippen molar-refractivity contribution in [3.05, 3.63) is 65.7 Å². The summed E-state index contributed by atoms with van der Waals surface area (Å²) in [5, 5.41) is 4.57. The number of piperidine rings is 1. The minimum atomic E-state index is 0.437. The molecule has 0 spiro atoms. The SMILES string of the molecule is c1ccc(COCCN2CCC(N=C3Nc4ccccc4CS3)CC2)cc1. The van der Waals surface area contributed by atoms with Crippen LogP contribution < -0.4 is 5.32 Å². The minimum Gasteiger partial charge on any atom is -0.375 e. The third-order valence-electron chi connectivity index (χ3n) is 5.14. The maximum atomic E-state index is 5.82. The van der Waals surface area contributed by atoms with Crippen molar-refractivity contribution in [3.63, 3.8) is 0 Å². The Hall–Kier alpha value is -1.82. The van der Waals surface area contributed by atoms with Gasteiger partial charge in [-0.05, 0) is 30.0 Å². The number of anilines is 1. The lowest BCUT2D eigenvalue weighted by Gasteiger charge is -2.30. The van der Waals surface area contributed by atoms with Crippen LogP contribution in [-0.2, 0) is 17.1 Å². The van der Waals surface area contributed by atoms with Gasteiger partial charge in [0.25, 0.3) is 0 Å². The number of rotatable bonds is 6. The van der Waals surface area contributed by atoms with Crippen LogP contribution >= 0.6 is 11.8 Å². The highest BCUT2D eigenvalue weighted by Gasteiger charge is 2.20. The van der Waals surface area contributed by atoms with Crippen LogP contribution in [0.3, 0.4) is 0 Å². The van der Waals surface area contributed by atoms with Gasteiger partial charge in [0.05, 0.1) is 19.3 Å². The molecule has 1 fully saturated rings. The van der Waals surface area contributed by atoms with E-state index in [1.807, 2.05) is 17.8 Å². The molecule has 0 unspecified atom stereocenters. The molecule has 5 heteroatoms. The highest BCUT2D eigenvalue weighted by atomic mass is 32.2. The van der Waals surface area contributed by atoms with Gasteiger partial charge in [-0.25, -0.2) is 0 Å². The first-order valence-electron chi connectivity index (χ1n) is 9.76. The molecule has 2 aliphatic heterocycles. The normalized spacial score (nSPS) is 19.6. The maximum Gasteiger partial charge on any atom is 0.161 e. The number of thioether (sulfide) groups is 1. The van der Waals surface area contributed by atoms with Gasteiger partial charge in [0, 0.05) is 31.1 Å². The van der Waals surface area contributed by atoms with Crippen LogP contribution in [0.1, 0.15) is 24.0 Å². The molecule has 0 saturated carbocycles. The molecule has 142 valence electrons. The molecule has 0 aromatic heterocycles. The second-order valence-electron chi connectivity index (χ2n) is 7.12. The number of fused-ring (bicyclic) bond motifs is 1. The Morgan fingerprint density at radius 2 is 1.81 bits per heavy atom. The molecule has 1 N–H and O–H groups in total. The van der Waals surface area contributed by atoms with Crippen LogP contribution in [0.25, 0.3) is 0 Å². The smallest absolute Gasteiger partial charge is 0.161 e. The molecule has 4 nitrogen and oxygen atoms in total. The number of aliphatic imine (C=N–C) groups is 1. The van der Waals surface area contributed by atoms with Crippen LogP contribution in [0.15, 0.2) is 59.6 Å². The van der Waals surface area contributed by atoms with Gasteiger partial charge in [-0.15, -0.1) is 0 Å². The Balaban J connectivity index is 1.17. The zero-order valence-electron chi connectivity index (χ0n) is 15.6. The Labute approximate surface area is 166 Å². The van der Waals surface area contributed by atoms with Crippen molar-refractivity contribution in [2.45, 2.75) is 31.2 Å². The second kappa shape index (κ2) is 9.40. The number of amidine groups is 1. The van der Waals surface area contributed by atoms with Crippen molar-refractivity contribution in [1.82, 2.24) is 4.90 Å². The van der Waals surface area contributed by atoms with Crippen molar-refractivity contribution in [2.75, 3.05) is 31.6 Å². The van der Waals surface area contributed by atoms with E-state index < -0.39 is 0 Å². The van der Waals surface area contributed by atoms with Gasteiger partial charge in [-0.2, -0.15) is 0 Å². The monoisotopic (exact) mass is 381 g/mol. The topological polar surface area (TPSA) is 36.9 Å². The van der Waals surface area contributed by atoms with Crippen molar-refractivity contribution in [3.8, 4) is 0 Å². The summed E-state index contributed by atoms with van der Waals surface area (Å²) in [7, 11) is 0. The number of hydrogen-bond acceptors (Lipinski definition) is 4. The van der Waals surface area contributed by atoms with Gasteiger partial charge in [0.2, 0.25) is 0 Å². The highest BCUT2D eigenvalue weighted by molar-refractivity contribution is 8.13. The summed E-state index contributed by atoms with van der Waals surface area (Å²) in [4.78, 5) is 7.47. The fourth-order valence-corrected chi connectivity index (χ4v) is 4.48. The molecule has 2 heterocycles. The standard InChI is InChI=1S/C22H27N3OS/c1-2-6-18(7-3-1)16-26-15-14-25-12-10-20(11-13-25)23-22-24-21-9-5-4-8-19(21)17-27-22/h1-9,20H,10-17H2,(H,23,24). The van der Waals surface area contributed by atoms with E-state index in [4.69, 9.17) is 9.73 Å². The van der Waals surface area contributed by atoms with Gasteiger partial charge < -0.3 is 15.0 Å². The number of likely N-dealkylation sites (tertiary alicyclic amines) is 1. The van der Waals surface area contributed by atoms with Gasteiger partial charge in [-0.3, -0.25) is 4.99 Å². The fraction of sp³-hybridized carbons (Fsp3) is 0.409. The number of hydrogen-bond donors (Lipinski definition) is 1. The Kier molecular flexibility index (Phi) is 6.45. The second-order valence-corrected chi connectivity index (χ2v) is 8.08. The zero-order chi connectivity index (χ0) is 18.3. The zero-order valence-corrected chi connectivity index (χ0v) is 16.5. The summed E-state index contributed by atoms with van der Waals surface area (Å²) < 4.78 is 5.82. The van der Waals surface area contributed by atoms with Crippen molar-refractivity contribution in [1.29, 1.82) is 0 Å². The fourth-order valence-electron chi connectivity index (χ4n) is 3.53. The molecular formula is C22H27N3OS. The van der Waals surface area contributed by atoms with E-state index in [1.54, 1.807) is 0 Å². The molecule has 2 aromatic rings. The van der Waals surface area contributed by atoms with Crippen LogP contribution in [0.4, 0.5) is 5.69 Å². The van der Waals surface area contributed by atoms with Gasteiger partial charge in [0.15, 0.2) is 5.17 Å². The van der Waals surface area contributed by atoms with E-state index in [0.717, 1.165) is 50.0 Å². The Morgan fingerprint density at radius 3 is 2.67 bits per heavy atom. The highest BCUT2D eigenvalue weighted by Crippen LogP contribution is 2.29. The molecule has 1 saturated heterocycles. The molecule has 0 bridgehead atoms. The van der Waals surface area contributed by atoms with Crippen LogP contribution in [0.5, 0.6) is 0 Å². The summed E-state index contributed by atoms with van der Waals surface area (Å²) in [5.41, 5.74) is 3.82. The lowest BCUT2D eigenvalue weighted by molar-refractivity contribution is 0.0844. The minimum absolute atomic E-state index is 0.437. The van der Waals surface area contributed by atoms with E-state index >= 15 is 0 Å². The molecule has 0 atom stereocenters. The third-order valence-corrected chi connectivity index (χ3v) is 6.08. The molecule has 0 aliphatic carbocycles. The molecular weight excluding hydrogens is 354 g/mol. The molecule has 0 radical (unpaired) electrons. The molecule has 2 aromatic carbocycles. The predicted molar refractivity (Wildman–Crippen MR) is 114 cm³/mol. The predicted octanol–water partition coefficient (Wildman–Crippen LogP) is 4.38. The molecule has 0 amide bonds. The third kappa shape index (κ3) is 5.34. The van der Waals surface area contributed by atoms with E-state index in [0.29, 0.717) is 12.6 Å². The van der Waals surface area contributed by atoms with E-state index in [2.05, 4.69) is 58.7 Å². The van der Waals surface area contributed by atoms with Gasteiger partial charge in [-0.1, -0.05) is 60.3 Å². The molecule has 27 heavy (non-hydrogen) atoms. The van der Waals surface area contributed by atoms with E-state index in [9.17, 15) is 0 Å². The quantitative estimate of drug-likeness (QED) is 0.754. The summed E-state index contributed by atoms with van der Waals surface area (Å²) >= 11 is 1.82. The van der Waals surface area contributed by atoms with Crippen LogP contribution in [-0.4, -0.2) is 42.4 Å². The average Bonchev–Trinajstić information content (AvgIpc) is 2.73. The maximum absolute atomic E-state index is 5.82. The summed E-state index contributed by atoms with van der Waals surface area (Å²) in [6.07, 6.45) is 2.26. The van der Waals surface area contributed by atoms with Crippen LogP contribution in [0.2, 0.25) is 0 Å². The van der Waals surface area contributed by atoms with Crippen molar-refractivity contribution < 1.29 is 4.74 Å². The number of nitrogens with zero attached hydrogens (tertiary/aromatic N) is 2. The average molecular weight is 382 g/mol. The van der Waals surface area contributed by atoms with Gasteiger partial charge in [0.1, 0.15) is 0 Å². The molecule has 2 aliphatic rings. The number of para-hydroxylation sites is 1. The van der Waals surface area contributed by atoms with Crippen LogP contribution in [0, 0.1) is 0 Å². The first kappa shape index (κ1) is 18.5. The Bertz CT molecular complexity index is 757. The Morgan fingerprint density at radius 1 is 1.04 bits per heavy atom. The number of nitrogens with one attached hydrogen (secondary N) is 1. The summed E-state index contributed by atoms with van der Waals surface area (Å²) in [5.74, 6) is 1.01. The summed E-state index contributed by atoms with van der Waals surface area (Å²) in [6, 6.07) is 19.3. The van der Waals surface area contributed by atoms with Crippen molar-refractivity contribution >= 4 is 22.6 Å².